The lowest BCUT2D eigenvalue weighted by molar-refractivity contribution is -0.148. The summed E-state index contributed by atoms with van der Waals surface area (Å²) < 4.78 is 6.30. The third-order valence-corrected chi connectivity index (χ3v) is 3.01. The van der Waals surface area contributed by atoms with Gasteiger partial charge in [-0.15, -0.1) is 0 Å². The molecule has 0 N–H and O–H groups in total. The highest BCUT2D eigenvalue weighted by atomic mass is 35.5. The Hall–Kier alpha value is -1.29. The molecule has 0 spiro atoms. The van der Waals surface area contributed by atoms with E-state index in [1.165, 1.54) is 10.6 Å². The molecule has 0 aliphatic heterocycles. The number of carbonyl (C=O) groups excluding carboxylic acids is 1. The number of ether oxygens (including phenoxy) is 1. The van der Waals surface area contributed by atoms with Crippen molar-refractivity contribution in [1.29, 1.82) is 0 Å². The van der Waals surface area contributed by atoms with Gasteiger partial charge in [-0.2, -0.15) is 0 Å². The normalized spacial score (nSPS) is 16.9. The first-order valence-corrected chi connectivity index (χ1v) is 5.55. The second-order valence-electron chi connectivity index (χ2n) is 3.77. The average molecular weight is 242 g/mol. The van der Waals surface area contributed by atoms with E-state index in [0.29, 0.717) is 19.4 Å². The van der Waals surface area contributed by atoms with Gasteiger partial charge in [0.05, 0.1) is 6.61 Å². The molecule has 0 aromatic carbocycles. The maximum Gasteiger partial charge on any atom is 0.332 e. The van der Waals surface area contributed by atoms with Gasteiger partial charge >= 0.3 is 5.97 Å². The number of rotatable bonds is 3. The summed E-state index contributed by atoms with van der Waals surface area (Å²) in [6.45, 7) is 2.04. The molecular weight excluding hydrogens is 230 g/mol. The van der Waals surface area contributed by atoms with Gasteiger partial charge in [0.15, 0.2) is 0 Å². The van der Waals surface area contributed by atoms with E-state index >= 15 is 0 Å². The van der Waals surface area contributed by atoms with Crippen molar-refractivity contribution in [3.8, 4) is 0 Å². The first-order valence-electron chi connectivity index (χ1n) is 5.17. The van der Waals surface area contributed by atoms with Crippen LogP contribution in [-0.4, -0.2) is 17.1 Å². The topological polar surface area (TPSA) is 48.3 Å². The average Bonchev–Trinajstić information content (AvgIpc) is 2.99. The number of nitrogens with zero attached hydrogens (tertiary/aromatic N) is 1. The Bertz CT molecular complexity index is 476. The largest absolute Gasteiger partial charge is 0.464 e. The molecule has 5 heteroatoms. The number of hydrogen-bond donors (Lipinski definition) is 0. The molecule has 1 heterocycles. The van der Waals surface area contributed by atoms with Gasteiger partial charge < -0.3 is 4.74 Å². The molecule has 1 saturated carbocycles. The van der Waals surface area contributed by atoms with E-state index in [1.54, 1.807) is 19.1 Å². The molecule has 2 rings (SSSR count). The predicted molar refractivity (Wildman–Crippen MR) is 59.6 cm³/mol. The molecule has 16 heavy (non-hydrogen) atoms. The van der Waals surface area contributed by atoms with Gasteiger partial charge in [-0.05, 0) is 25.8 Å². The van der Waals surface area contributed by atoms with Crippen molar-refractivity contribution in [2.45, 2.75) is 25.3 Å². The summed E-state index contributed by atoms with van der Waals surface area (Å²) in [5.41, 5.74) is -1.12. The third kappa shape index (κ3) is 1.63. The quantitative estimate of drug-likeness (QED) is 0.596. The minimum atomic E-state index is -0.856. The molecule has 1 aliphatic carbocycles. The number of esters is 1. The fourth-order valence-electron chi connectivity index (χ4n) is 1.78. The Labute approximate surface area is 97.8 Å². The Kier molecular flexibility index (Phi) is 2.76. The van der Waals surface area contributed by atoms with Crippen LogP contribution < -0.4 is 5.56 Å². The van der Waals surface area contributed by atoms with Gasteiger partial charge in [0.2, 0.25) is 0 Å². The SMILES string of the molecule is CCOC(=O)C1(n2c(Cl)cccc2=O)CC1. The lowest BCUT2D eigenvalue weighted by Crippen LogP contribution is -2.37. The third-order valence-electron chi connectivity index (χ3n) is 2.71. The summed E-state index contributed by atoms with van der Waals surface area (Å²) in [6, 6.07) is 4.57. The Morgan fingerprint density at radius 3 is 2.75 bits per heavy atom. The highest BCUT2D eigenvalue weighted by molar-refractivity contribution is 6.29. The van der Waals surface area contributed by atoms with Crippen LogP contribution in [0.5, 0.6) is 0 Å². The minimum Gasteiger partial charge on any atom is -0.464 e. The van der Waals surface area contributed by atoms with Crippen LogP contribution in [0.1, 0.15) is 19.8 Å². The predicted octanol–water partition coefficient (Wildman–Crippen LogP) is 1.55. The summed E-state index contributed by atoms with van der Waals surface area (Å²) in [7, 11) is 0. The number of carbonyl (C=O) groups is 1. The van der Waals surface area contributed by atoms with Gasteiger partial charge in [-0.1, -0.05) is 17.7 Å². The smallest absolute Gasteiger partial charge is 0.332 e. The number of pyridine rings is 1. The van der Waals surface area contributed by atoms with Crippen LogP contribution >= 0.6 is 11.6 Å². The molecule has 1 aliphatic rings. The van der Waals surface area contributed by atoms with Gasteiger partial charge in [0.25, 0.3) is 5.56 Å². The van der Waals surface area contributed by atoms with Crippen LogP contribution in [0.3, 0.4) is 0 Å². The van der Waals surface area contributed by atoms with Crippen LogP contribution in [0.2, 0.25) is 5.15 Å². The van der Waals surface area contributed by atoms with Gasteiger partial charge in [-0.3, -0.25) is 9.36 Å². The van der Waals surface area contributed by atoms with Crippen molar-refractivity contribution in [2.24, 2.45) is 0 Å². The fourth-order valence-corrected chi connectivity index (χ4v) is 2.10. The van der Waals surface area contributed by atoms with E-state index in [-0.39, 0.29) is 16.7 Å². The van der Waals surface area contributed by atoms with Crippen LogP contribution in [0.15, 0.2) is 23.0 Å². The Morgan fingerprint density at radius 1 is 1.56 bits per heavy atom. The van der Waals surface area contributed by atoms with Crippen molar-refractivity contribution in [2.75, 3.05) is 6.61 Å². The molecule has 86 valence electrons. The first kappa shape index (κ1) is 11.2. The molecule has 0 amide bonds. The van der Waals surface area contributed by atoms with Crippen molar-refractivity contribution in [3.63, 3.8) is 0 Å². The Morgan fingerprint density at radius 2 is 2.25 bits per heavy atom. The van der Waals surface area contributed by atoms with Crippen molar-refractivity contribution in [3.05, 3.63) is 33.7 Å². The first-order chi connectivity index (χ1) is 7.62. The lowest BCUT2D eigenvalue weighted by Gasteiger charge is -2.18. The molecule has 0 bridgehead atoms. The maximum absolute atomic E-state index is 11.8. The Balaban J connectivity index is 2.45. The van der Waals surface area contributed by atoms with Gasteiger partial charge in [0.1, 0.15) is 10.7 Å². The van der Waals surface area contributed by atoms with Gasteiger partial charge in [-0.25, -0.2) is 4.79 Å². The van der Waals surface area contributed by atoms with E-state index in [2.05, 4.69) is 0 Å². The van der Waals surface area contributed by atoms with Crippen molar-refractivity contribution in [1.82, 2.24) is 4.57 Å². The van der Waals surface area contributed by atoms with E-state index in [0.717, 1.165) is 0 Å². The monoisotopic (exact) mass is 241 g/mol. The lowest BCUT2D eigenvalue weighted by atomic mass is 10.2. The summed E-state index contributed by atoms with van der Waals surface area (Å²) in [5.74, 6) is -0.370. The number of aromatic nitrogens is 1. The second-order valence-corrected chi connectivity index (χ2v) is 4.16. The van der Waals surface area contributed by atoms with Crippen LogP contribution in [0.25, 0.3) is 0 Å². The highest BCUT2D eigenvalue weighted by Gasteiger charge is 2.54. The van der Waals surface area contributed by atoms with Crippen LogP contribution in [0, 0.1) is 0 Å². The molecule has 0 atom stereocenters. The van der Waals surface area contributed by atoms with E-state index in [9.17, 15) is 9.59 Å². The zero-order valence-electron chi connectivity index (χ0n) is 8.90. The minimum absolute atomic E-state index is 0.266. The molecule has 1 aromatic heterocycles. The summed E-state index contributed by atoms with van der Waals surface area (Å²) in [4.78, 5) is 23.5. The summed E-state index contributed by atoms with van der Waals surface area (Å²) >= 11 is 5.95. The molecule has 0 saturated heterocycles. The maximum atomic E-state index is 11.8. The second kappa shape index (κ2) is 3.94. The molecule has 1 fully saturated rings. The molecule has 0 radical (unpaired) electrons. The zero-order valence-corrected chi connectivity index (χ0v) is 9.66. The van der Waals surface area contributed by atoms with Gasteiger partial charge in [0, 0.05) is 6.07 Å². The molecule has 4 nitrogen and oxygen atoms in total. The standard InChI is InChI=1S/C11H12ClNO3/c1-2-16-10(15)11(6-7-11)13-8(12)4-3-5-9(13)14/h3-5H,2,6-7H2,1H3. The molecule has 0 unspecified atom stereocenters. The van der Waals surface area contributed by atoms with Crippen molar-refractivity contribution < 1.29 is 9.53 Å². The van der Waals surface area contributed by atoms with E-state index in [1.807, 2.05) is 0 Å². The summed E-state index contributed by atoms with van der Waals surface area (Å²) in [5, 5.41) is 0.276. The molecule has 1 aromatic rings. The highest BCUT2D eigenvalue weighted by Crippen LogP contribution is 2.45. The van der Waals surface area contributed by atoms with Crippen LogP contribution in [0.4, 0.5) is 0 Å². The number of halogens is 1. The fraction of sp³-hybridized carbons (Fsp3) is 0.455. The number of hydrogen-bond acceptors (Lipinski definition) is 3. The molecular formula is C11H12ClNO3. The van der Waals surface area contributed by atoms with Crippen molar-refractivity contribution >= 4 is 17.6 Å². The van der Waals surface area contributed by atoms with E-state index < -0.39 is 5.54 Å². The van der Waals surface area contributed by atoms with E-state index in [4.69, 9.17) is 16.3 Å². The van der Waals surface area contributed by atoms with Crippen LogP contribution in [-0.2, 0) is 15.1 Å². The summed E-state index contributed by atoms with van der Waals surface area (Å²) in [6.07, 6.45) is 1.21. The zero-order chi connectivity index (χ0) is 11.8.